The molecule has 2 aromatic rings. The number of alkyl halides is 2. The van der Waals surface area contributed by atoms with Crippen LogP contribution in [0.15, 0.2) is 48.2 Å². The van der Waals surface area contributed by atoms with Crippen molar-refractivity contribution in [3.63, 3.8) is 0 Å². The number of ether oxygens (including phenoxy) is 2. The molecule has 1 saturated heterocycles. The summed E-state index contributed by atoms with van der Waals surface area (Å²) >= 11 is 5.13. The minimum Gasteiger partial charge on any atom is -0.490 e. The van der Waals surface area contributed by atoms with Gasteiger partial charge in [-0.15, -0.1) is 0 Å². The highest BCUT2D eigenvalue weighted by Gasteiger charge is 2.33. The van der Waals surface area contributed by atoms with Crippen LogP contribution in [0.3, 0.4) is 0 Å². The predicted molar refractivity (Wildman–Crippen MR) is 102 cm³/mol. The van der Waals surface area contributed by atoms with E-state index in [1.807, 2.05) is 0 Å². The molecular weight excluding hydrogens is 393 g/mol. The van der Waals surface area contributed by atoms with Crippen LogP contribution in [-0.4, -0.2) is 24.2 Å². The summed E-state index contributed by atoms with van der Waals surface area (Å²) in [5.74, 6) is -1.35. The number of benzene rings is 2. The minimum absolute atomic E-state index is 0.0129. The van der Waals surface area contributed by atoms with E-state index in [0.29, 0.717) is 0 Å². The normalized spacial score (nSPS) is 15.3. The fraction of sp³-hybridized carbons (Fsp3) is 0.158. The molecule has 146 valence electrons. The fourth-order valence-corrected chi connectivity index (χ4v) is 2.96. The van der Waals surface area contributed by atoms with Crippen LogP contribution in [0.25, 0.3) is 6.08 Å². The molecule has 0 unspecified atom stereocenters. The van der Waals surface area contributed by atoms with Gasteiger partial charge >= 0.3 is 6.61 Å². The second kappa shape index (κ2) is 8.30. The molecule has 1 aliphatic heterocycles. The van der Waals surface area contributed by atoms with Gasteiger partial charge in [0.1, 0.15) is 11.5 Å². The highest BCUT2D eigenvalue weighted by molar-refractivity contribution is 7.80. The van der Waals surface area contributed by atoms with Gasteiger partial charge in [0, 0.05) is 5.56 Å². The van der Waals surface area contributed by atoms with E-state index in [1.54, 1.807) is 19.1 Å². The molecule has 1 N–H and O–H groups in total. The zero-order chi connectivity index (χ0) is 20.3. The third kappa shape index (κ3) is 3.94. The highest BCUT2D eigenvalue weighted by Crippen LogP contribution is 2.35. The van der Waals surface area contributed by atoms with Crippen molar-refractivity contribution in [2.75, 3.05) is 11.5 Å². The highest BCUT2D eigenvalue weighted by atomic mass is 32.1. The van der Waals surface area contributed by atoms with Gasteiger partial charge in [-0.3, -0.25) is 4.79 Å². The zero-order valence-electron chi connectivity index (χ0n) is 14.6. The Labute approximate surface area is 164 Å². The summed E-state index contributed by atoms with van der Waals surface area (Å²) in [6.45, 7) is -1.14. The first-order valence-electron chi connectivity index (χ1n) is 8.24. The Morgan fingerprint density at radius 2 is 1.96 bits per heavy atom. The van der Waals surface area contributed by atoms with E-state index in [9.17, 15) is 18.0 Å². The van der Waals surface area contributed by atoms with E-state index in [-0.39, 0.29) is 40.2 Å². The van der Waals surface area contributed by atoms with Crippen molar-refractivity contribution >= 4 is 35.0 Å². The number of amides is 1. The average molecular weight is 408 g/mol. The van der Waals surface area contributed by atoms with Gasteiger partial charge in [-0.25, -0.2) is 9.29 Å². The molecule has 3 rings (SSSR count). The lowest BCUT2D eigenvalue weighted by Crippen LogP contribution is -2.31. The molecule has 1 aliphatic rings. The van der Waals surface area contributed by atoms with Gasteiger partial charge < -0.3 is 14.8 Å². The predicted octanol–water partition coefficient (Wildman–Crippen LogP) is 4.09. The number of anilines is 1. The Balaban J connectivity index is 2.00. The van der Waals surface area contributed by atoms with E-state index in [0.717, 1.165) is 4.90 Å². The van der Waals surface area contributed by atoms with Gasteiger partial charge in [-0.1, -0.05) is 24.3 Å². The standard InChI is InChI=1S/C19H15F3N2O3S/c1-2-26-15-9-5-6-11(16(15)27-18(21)22)10-13-17(25)24(19(28)23-13)14-8-4-3-7-12(14)20/h3-10,18H,2H2,1H3,(H,23,28)/b13-10-. The van der Waals surface area contributed by atoms with E-state index < -0.39 is 18.3 Å². The van der Waals surface area contributed by atoms with Crippen LogP contribution >= 0.6 is 12.2 Å². The second-order valence-corrected chi connectivity index (χ2v) is 5.95. The maximum absolute atomic E-state index is 14.1. The number of para-hydroxylation sites is 2. The molecule has 1 fully saturated rings. The number of hydrogen-bond donors (Lipinski definition) is 1. The van der Waals surface area contributed by atoms with Gasteiger partial charge in [-0.05, 0) is 43.4 Å². The maximum atomic E-state index is 14.1. The fourth-order valence-electron chi connectivity index (χ4n) is 2.67. The van der Waals surface area contributed by atoms with Gasteiger partial charge in [-0.2, -0.15) is 8.78 Å². The van der Waals surface area contributed by atoms with Crippen molar-refractivity contribution in [3.8, 4) is 11.5 Å². The Hall–Kier alpha value is -3.07. The first kappa shape index (κ1) is 19.7. The van der Waals surface area contributed by atoms with Crippen LogP contribution < -0.4 is 19.7 Å². The number of halogens is 3. The first-order valence-corrected chi connectivity index (χ1v) is 8.65. The Bertz CT molecular complexity index is 950. The summed E-state index contributed by atoms with van der Waals surface area (Å²) in [4.78, 5) is 13.7. The van der Waals surface area contributed by atoms with Crippen LogP contribution in [0.5, 0.6) is 11.5 Å². The topological polar surface area (TPSA) is 50.8 Å². The lowest BCUT2D eigenvalue weighted by Gasteiger charge is -2.14. The van der Waals surface area contributed by atoms with Crippen molar-refractivity contribution in [2.24, 2.45) is 0 Å². The number of carbonyl (C=O) groups excluding carboxylic acids is 1. The summed E-state index contributed by atoms with van der Waals surface area (Å²) in [6.07, 6.45) is 1.30. The third-order valence-electron chi connectivity index (χ3n) is 3.79. The van der Waals surface area contributed by atoms with E-state index in [2.05, 4.69) is 10.1 Å². The van der Waals surface area contributed by atoms with Crippen molar-refractivity contribution in [2.45, 2.75) is 13.5 Å². The van der Waals surface area contributed by atoms with E-state index >= 15 is 0 Å². The van der Waals surface area contributed by atoms with Gasteiger partial charge in [0.15, 0.2) is 16.6 Å². The molecule has 0 bridgehead atoms. The monoisotopic (exact) mass is 408 g/mol. The lowest BCUT2D eigenvalue weighted by molar-refractivity contribution is -0.113. The SMILES string of the molecule is CCOc1cccc(/C=C2\NC(=S)N(c3ccccc3F)C2=O)c1OC(F)F. The van der Waals surface area contributed by atoms with Crippen LogP contribution in [-0.2, 0) is 4.79 Å². The first-order chi connectivity index (χ1) is 13.4. The van der Waals surface area contributed by atoms with Crippen molar-refractivity contribution < 1.29 is 27.4 Å². The maximum Gasteiger partial charge on any atom is 0.387 e. The Morgan fingerprint density at radius 1 is 1.21 bits per heavy atom. The summed E-state index contributed by atoms with van der Waals surface area (Å²) in [5.41, 5.74) is 0.154. The van der Waals surface area contributed by atoms with Gasteiger partial charge in [0.25, 0.3) is 5.91 Å². The Kier molecular flexibility index (Phi) is 5.84. The van der Waals surface area contributed by atoms with E-state index in [1.165, 1.54) is 36.4 Å². The van der Waals surface area contributed by atoms with Gasteiger partial charge in [0.2, 0.25) is 0 Å². The summed E-state index contributed by atoms with van der Waals surface area (Å²) in [6, 6.07) is 10.2. The zero-order valence-corrected chi connectivity index (χ0v) is 15.4. The summed E-state index contributed by atoms with van der Waals surface area (Å²) in [7, 11) is 0. The number of rotatable bonds is 6. The van der Waals surface area contributed by atoms with Crippen LogP contribution in [0.4, 0.5) is 18.9 Å². The number of thiocarbonyl (C=S) groups is 1. The molecule has 5 nitrogen and oxygen atoms in total. The van der Waals surface area contributed by atoms with Gasteiger partial charge in [0.05, 0.1) is 12.3 Å². The molecule has 0 spiro atoms. The molecule has 1 heterocycles. The van der Waals surface area contributed by atoms with Crippen LogP contribution in [0.2, 0.25) is 0 Å². The molecule has 0 radical (unpaired) electrons. The van der Waals surface area contributed by atoms with Crippen molar-refractivity contribution in [1.29, 1.82) is 0 Å². The van der Waals surface area contributed by atoms with Crippen LogP contribution in [0.1, 0.15) is 12.5 Å². The smallest absolute Gasteiger partial charge is 0.387 e. The number of nitrogens with one attached hydrogen (secondary N) is 1. The number of hydrogen-bond acceptors (Lipinski definition) is 4. The number of nitrogens with zero attached hydrogens (tertiary/aromatic N) is 1. The van der Waals surface area contributed by atoms with Crippen molar-refractivity contribution in [1.82, 2.24) is 5.32 Å². The minimum atomic E-state index is -3.08. The third-order valence-corrected chi connectivity index (χ3v) is 4.07. The largest absolute Gasteiger partial charge is 0.490 e. The molecule has 0 aliphatic carbocycles. The quantitative estimate of drug-likeness (QED) is 0.577. The molecule has 1 amide bonds. The summed E-state index contributed by atoms with van der Waals surface area (Å²) in [5, 5.41) is 2.65. The van der Waals surface area contributed by atoms with Crippen LogP contribution in [0, 0.1) is 5.82 Å². The molecule has 9 heteroatoms. The summed E-state index contributed by atoms with van der Waals surface area (Å²) < 4.78 is 49.7. The second-order valence-electron chi connectivity index (χ2n) is 5.57. The lowest BCUT2D eigenvalue weighted by atomic mass is 10.1. The molecular formula is C19H15F3N2O3S. The van der Waals surface area contributed by atoms with E-state index in [4.69, 9.17) is 17.0 Å². The molecule has 0 aromatic heterocycles. The average Bonchev–Trinajstić information content (AvgIpc) is 2.92. The molecule has 2 aromatic carbocycles. The number of carbonyl (C=O) groups is 1. The Morgan fingerprint density at radius 3 is 2.64 bits per heavy atom. The molecule has 0 saturated carbocycles. The van der Waals surface area contributed by atoms with Crippen molar-refractivity contribution in [3.05, 3.63) is 59.5 Å². The molecule has 0 atom stereocenters. The molecule has 28 heavy (non-hydrogen) atoms.